The Morgan fingerprint density at radius 1 is 1.11 bits per heavy atom. The van der Waals surface area contributed by atoms with Gasteiger partial charge in [-0.3, -0.25) is 9.97 Å². The summed E-state index contributed by atoms with van der Waals surface area (Å²) < 4.78 is 5.71. The number of benzene rings is 1. The number of ether oxygens (including phenoxy) is 1. The van der Waals surface area contributed by atoms with Gasteiger partial charge in [0.1, 0.15) is 5.75 Å². The van der Waals surface area contributed by atoms with E-state index in [1.165, 1.54) is 12.4 Å². The number of rotatable bonds is 3. The normalized spacial score (nSPS) is 10.6. The molecule has 0 aliphatic rings. The van der Waals surface area contributed by atoms with Gasteiger partial charge in [-0.2, -0.15) is 0 Å². The molecular weight excluding hydrogens is 242 g/mol. The number of aromatic nitrogens is 3. The number of fused-ring (bicyclic) bond motifs is 1. The van der Waals surface area contributed by atoms with Crippen molar-refractivity contribution in [3.05, 3.63) is 54.6 Å². The highest BCUT2D eigenvalue weighted by Crippen LogP contribution is 2.27. The van der Waals surface area contributed by atoms with Gasteiger partial charge in [-0.1, -0.05) is 6.07 Å². The molecule has 0 amide bonds. The zero-order valence-corrected chi connectivity index (χ0v) is 10.0. The number of hydrogen-bond acceptors (Lipinski definition) is 5. The van der Waals surface area contributed by atoms with Crippen LogP contribution in [0, 0.1) is 0 Å². The Morgan fingerprint density at radius 3 is 2.95 bits per heavy atom. The summed E-state index contributed by atoms with van der Waals surface area (Å²) in [5.41, 5.74) is 1.32. The molecule has 0 aliphatic carbocycles. The summed E-state index contributed by atoms with van der Waals surface area (Å²) >= 11 is 0. The summed E-state index contributed by atoms with van der Waals surface area (Å²) in [7, 11) is 0. The Kier molecular flexibility index (Phi) is 3.04. The van der Waals surface area contributed by atoms with Crippen molar-refractivity contribution < 1.29 is 9.84 Å². The van der Waals surface area contributed by atoms with Crippen LogP contribution in [0.3, 0.4) is 0 Å². The smallest absolute Gasteiger partial charge is 0.238 e. The lowest BCUT2D eigenvalue weighted by Crippen LogP contribution is -1.95. The molecule has 0 atom stereocenters. The van der Waals surface area contributed by atoms with Crippen molar-refractivity contribution in [1.82, 2.24) is 15.0 Å². The Balaban J connectivity index is 2.01. The molecule has 0 saturated heterocycles. The number of aliphatic hydroxyl groups excluding tert-OH is 1. The van der Waals surface area contributed by atoms with Crippen LogP contribution in [0.5, 0.6) is 11.6 Å². The molecule has 0 bridgehead atoms. The van der Waals surface area contributed by atoms with E-state index in [0.717, 1.165) is 10.9 Å². The third kappa shape index (κ3) is 2.36. The van der Waals surface area contributed by atoms with Gasteiger partial charge in [0.15, 0.2) is 0 Å². The first kappa shape index (κ1) is 11.6. The molecule has 19 heavy (non-hydrogen) atoms. The van der Waals surface area contributed by atoms with E-state index in [2.05, 4.69) is 15.0 Å². The van der Waals surface area contributed by atoms with Crippen LogP contribution in [0.4, 0.5) is 0 Å². The molecule has 5 nitrogen and oxygen atoms in total. The summed E-state index contributed by atoms with van der Waals surface area (Å²) in [4.78, 5) is 12.4. The van der Waals surface area contributed by atoms with Crippen LogP contribution in [0.15, 0.2) is 48.9 Å². The van der Waals surface area contributed by atoms with E-state index in [9.17, 15) is 0 Å². The molecule has 2 aromatic heterocycles. The van der Waals surface area contributed by atoms with Gasteiger partial charge in [-0.15, -0.1) is 0 Å². The van der Waals surface area contributed by atoms with E-state index in [4.69, 9.17) is 9.84 Å². The van der Waals surface area contributed by atoms with Crippen molar-refractivity contribution in [1.29, 1.82) is 0 Å². The highest BCUT2D eigenvalue weighted by Gasteiger charge is 2.05. The SMILES string of the molecule is OCc1cncc(Oc2cccc3ncccc23)n1. The number of aliphatic hydroxyl groups is 1. The fourth-order valence-electron chi connectivity index (χ4n) is 1.79. The molecule has 0 unspecified atom stereocenters. The van der Waals surface area contributed by atoms with Gasteiger partial charge in [0.05, 0.1) is 30.2 Å². The topological polar surface area (TPSA) is 68.1 Å². The zero-order chi connectivity index (χ0) is 13.1. The highest BCUT2D eigenvalue weighted by molar-refractivity contribution is 5.85. The Bertz CT molecular complexity index is 710. The molecule has 5 heteroatoms. The number of pyridine rings is 1. The van der Waals surface area contributed by atoms with Crippen molar-refractivity contribution >= 4 is 10.9 Å². The lowest BCUT2D eigenvalue weighted by Gasteiger charge is -2.07. The van der Waals surface area contributed by atoms with Crippen molar-refractivity contribution in [3.8, 4) is 11.6 Å². The van der Waals surface area contributed by atoms with Crippen LogP contribution < -0.4 is 4.74 Å². The third-order valence-corrected chi connectivity index (χ3v) is 2.64. The van der Waals surface area contributed by atoms with Gasteiger partial charge >= 0.3 is 0 Å². The summed E-state index contributed by atoms with van der Waals surface area (Å²) in [5.74, 6) is 1.01. The van der Waals surface area contributed by atoms with Crippen molar-refractivity contribution in [2.24, 2.45) is 0 Å². The molecule has 3 rings (SSSR count). The van der Waals surface area contributed by atoms with Crippen LogP contribution in [0.25, 0.3) is 10.9 Å². The summed E-state index contributed by atoms with van der Waals surface area (Å²) in [6.07, 6.45) is 4.74. The number of nitrogens with zero attached hydrogens (tertiary/aromatic N) is 3. The quantitative estimate of drug-likeness (QED) is 0.775. The minimum Gasteiger partial charge on any atom is -0.437 e. The van der Waals surface area contributed by atoms with Crippen LogP contribution in [-0.4, -0.2) is 20.1 Å². The molecular formula is C14H11N3O2. The second-order valence-corrected chi connectivity index (χ2v) is 3.94. The maximum atomic E-state index is 9.03. The second-order valence-electron chi connectivity index (χ2n) is 3.94. The molecule has 3 aromatic rings. The van der Waals surface area contributed by atoms with E-state index < -0.39 is 0 Å². The Hall–Kier alpha value is -2.53. The largest absolute Gasteiger partial charge is 0.437 e. The molecule has 1 aromatic carbocycles. The van der Waals surface area contributed by atoms with Gasteiger partial charge in [0.2, 0.25) is 5.88 Å². The van der Waals surface area contributed by atoms with E-state index in [0.29, 0.717) is 17.3 Å². The standard InChI is InChI=1S/C14H11N3O2/c18-9-10-7-15-8-14(17-10)19-13-5-1-4-12-11(13)3-2-6-16-12/h1-8,18H,9H2. The Morgan fingerprint density at radius 2 is 2.05 bits per heavy atom. The minimum atomic E-state index is -0.165. The van der Waals surface area contributed by atoms with Crippen LogP contribution in [0.2, 0.25) is 0 Å². The van der Waals surface area contributed by atoms with Crippen LogP contribution in [0.1, 0.15) is 5.69 Å². The van der Waals surface area contributed by atoms with Gasteiger partial charge in [0.25, 0.3) is 0 Å². The van der Waals surface area contributed by atoms with Crippen LogP contribution >= 0.6 is 0 Å². The van der Waals surface area contributed by atoms with E-state index in [-0.39, 0.29) is 6.61 Å². The van der Waals surface area contributed by atoms with E-state index in [1.54, 1.807) is 6.20 Å². The molecule has 2 heterocycles. The van der Waals surface area contributed by atoms with E-state index in [1.807, 2.05) is 30.3 Å². The van der Waals surface area contributed by atoms with Crippen molar-refractivity contribution in [2.75, 3.05) is 0 Å². The molecule has 0 radical (unpaired) electrons. The second kappa shape index (κ2) is 4.99. The monoisotopic (exact) mass is 253 g/mol. The average molecular weight is 253 g/mol. The molecule has 0 spiro atoms. The minimum absolute atomic E-state index is 0.165. The predicted octanol–water partition coefficient (Wildman–Crippen LogP) is 2.31. The first-order chi connectivity index (χ1) is 9.36. The maximum Gasteiger partial charge on any atom is 0.238 e. The average Bonchev–Trinajstić information content (AvgIpc) is 2.48. The van der Waals surface area contributed by atoms with Gasteiger partial charge in [-0.05, 0) is 24.3 Å². The summed E-state index contributed by atoms with van der Waals surface area (Å²) in [5, 5.41) is 9.94. The number of hydrogen-bond donors (Lipinski definition) is 1. The fraction of sp³-hybridized carbons (Fsp3) is 0.0714. The first-order valence-electron chi connectivity index (χ1n) is 5.80. The third-order valence-electron chi connectivity index (χ3n) is 2.64. The zero-order valence-electron chi connectivity index (χ0n) is 10.0. The van der Waals surface area contributed by atoms with E-state index >= 15 is 0 Å². The molecule has 0 saturated carbocycles. The molecule has 1 N–H and O–H groups in total. The van der Waals surface area contributed by atoms with Crippen LogP contribution in [-0.2, 0) is 6.61 Å². The fourth-order valence-corrected chi connectivity index (χ4v) is 1.79. The first-order valence-corrected chi connectivity index (χ1v) is 5.80. The Labute approximate surface area is 109 Å². The predicted molar refractivity (Wildman–Crippen MR) is 69.8 cm³/mol. The maximum absolute atomic E-state index is 9.03. The van der Waals surface area contributed by atoms with Gasteiger partial charge in [-0.25, -0.2) is 4.98 Å². The molecule has 0 fully saturated rings. The van der Waals surface area contributed by atoms with Gasteiger partial charge < -0.3 is 9.84 Å². The van der Waals surface area contributed by atoms with Crippen molar-refractivity contribution in [2.45, 2.75) is 6.61 Å². The summed E-state index contributed by atoms with van der Waals surface area (Å²) in [6.45, 7) is -0.165. The lowest BCUT2D eigenvalue weighted by atomic mass is 10.2. The van der Waals surface area contributed by atoms with Crippen molar-refractivity contribution in [3.63, 3.8) is 0 Å². The molecule has 0 aliphatic heterocycles. The summed E-state index contributed by atoms with van der Waals surface area (Å²) in [6, 6.07) is 9.41. The van der Waals surface area contributed by atoms with Gasteiger partial charge in [0, 0.05) is 11.6 Å². The lowest BCUT2D eigenvalue weighted by molar-refractivity contribution is 0.274. The highest BCUT2D eigenvalue weighted by atomic mass is 16.5. The molecule has 94 valence electrons.